The van der Waals surface area contributed by atoms with Crippen LogP contribution >= 0.6 is 0 Å². The number of carbonyl (C=O) groups excluding carboxylic acids is 1. The third-order valence-electron chi connectivity index (χ3n) is 3.24. The van der Waals surface area contributed by atoms with Gasteiger partial charge < -0.3 is 9.47 Å². The van der Waals surface area contributed by atoms with E-state index in [1.807, 2.05) is 24.3 Å². The lowest BCUT2D eigenvalue weighted by Crippen LogP contribution is -1.96. The Bertz CT molecular complexity index is 682. The second-order valence-electron chi connectivity index (χ2n) is 4.32. The van der Waals surface area contributed by atoms with Crippen molar-refractivity contribution in [2.75, 3.05) is 6.79 Å². The molecule has 5 nitrogen and oxygen atoms in total. The number of hydrogen-bond donors (Lipinski definition) is 0. The molecule has 3 rings (SSSR count). The molecule has 5 heteroatoms. The third-order valence-corrected chi connectivity index (χ3v) is 3.24. The summed E-state index contributed by atoms with van der Waals surface area (Å²) in [7, 11) is 0. The van der Waals surface area contributed by atoms with Crippen LogP contribution in [0.1, 0.15) is 15.9 Å². The van der Waals surface area contributed by atoms with Gasteiger partial charge in [0.1, 0.15) is 6.54 Å². The highest BCUT2D eigenvalue weighted by Gasteiger charge is 2.22. The Morgan fingerprint density at radius 3 is 2.75 bits per heavy atom. The first-order valence-corrected chi connectivity index (χ1v) is 6.10. The van der Waals surface area contributed by atoms with Crippen molar-refractivity contribution in [2.45, 2.75) is 6.54 Å². The largest absolute Gasteiger partial charge is 0.454 e. The summed E-state index contributed by atoms with van der Waals surface area (Å²) in [6, 6.07) is 10.9. The van der Waals surface area contributed by atoms with E-state index in [1.54, 1.807) is 12.1 Å². The van der Waals surface area contributed by atoms with E-state index in [9.17, 15) is 9.70 Å². The van der Waals surface area contributed by atoms with Crippen molar-refractivity contribution >= 4 is 6.29 Å². The summed E-state index contributed by atoms with van der Waals surface area (Å²) < 4.78 is 10.6. The molecule has 2 aromatic rings. The number of nitroso groups, excluding NO2 is 1. The molecule has 0 unspecified atom stereocenters. The maximum atomic E-state index is 11.4. The summed E-state index contributed by atoms with van der Waals surface area (Å²) in [6.45, 7) is 0.167. The van der Waals surface area contributed by atoms with E-state index in [0.29, 0.717) is 22.6 Å². The quantitative estimate of drug-likeness (QED) is 0.631. The summed E-state index contributed by atoms with van der Waals surface area (Å²) >= 11 is 0. The van der Waals surface area contributed by atoms with Gasteiger partial charge in [0.05, 0.1) is 5.56 Å². The second-order valence-corrected chi connectivity index (χ2v) is 4.32. The van der Waals surface area contributed by atoms with Gasteiger partial charge in [-0.25, -0.2) is 0 Å². The molecule has 0 aromatic heterocycles. The molecule has 0 aliphatic carbocycles. The van der Waals surface area contributed by atoms with E-state index in [2.05, 4.69) is 5.18 Å². The van der Waals surface area contributed by atoms with Crippen molar-refractivity contribution in [3.63, 3.8) is 0 Å². The predicted molar refractivity (Wildman–Crippen MR) is 72.9 cm³/mol. The molecule has 0 saturated carbocycles. The number of nitrogens with zero attached hydrogens (tertiary/aromatic N) is 1. The van der Waals surface area contributed by atoms with E-state index >= 15 is 0 Å². The highest BCUT2D eigenvalue weighted by atomic mass is 16.7. The van der Waals surface area contributed by atoms with Crippen molar-refractivity contribution in [3.8, 4) is 22.6 Å². The summed E-state index contributed by atoms with van der Waals surface area (Å²) in [5.74, 6) is 1.01. The molecule has 1 aliphatic heterocycles. The smallest absolute Gasteiger partial charge is 0.231 e. The molecule has 2 aromatic carbocycles. The van der Waals surface area contributed by atoms with Gasteiger partial charge in [-0.2, -0.15) is 4.91 Å². The molecule has 1 aliphatic rings. The van der Waals surface area contributed by atoms with Crippen molar-refractivity contribution in [1.29, 1.82) is 0 Å². The van der Waals surface area contributed by atoms with Crippen molar-refractivity contribution < 1.29 is 14.3 Å². The number of aldehydes is 1. The molecule has 0 atom stereocenters. The zero-order valence-corrected chi connectivity index (χ0v) is 10.5. The lowest BCUT2D eigenvalue weighted by molar-refractivity contribution is 0.111. The summed E-state index contributed by atoms with van der Waals surface area (Å²) in [4.78, 5) is 21.9. The standard InChI is InChI=1S/C15H11NO4/c17-8-13-12(5-6-14-15(13)20-9-19-14)11-4-2-1-3-10(11)7-16-18/h1-6,8H,7,9H2. The average Bonchev–Trinajstić information content (AvgIpc) is 2.95. The van der Waals surface area contributed by atoms with Crippen LogP contribution < -0.4 is 9.47 Å². The third kappa shape index (κ3) is 1.93. The van der Waals surface area contributed by atoms with Crippen molar-refractivity contribution in [2.24, 2.45) is 5.18 Å². The molecular weight excluding hydrogens is 258 g/mol. The molecule has 0 fully saturated rings. The Morgan fingerprint density at radius 1 is 1.10 bits per heavy atom. The van der Waals surface area contributed by atoms with Crippen LogP contribution in [0.5, 0.6) is 11.5 Å². The van der Waals surface area contributed by atoms with Gasteiger partial charge in [0.2, 0.25) is 6.79 Å². The topological polar surface area (TPSA) is 65.0 Å². The molecule has 0 saturated heterocycles. The highest BCUT2D eigenvalue weighted by molar-refractivity contribution is 5.93. The van der Waals surface area contributed by atoms with Crippen LogP contribution in [0.2, 0.25) is 0 Å². The Labute approximate surface area is 115 Å². The molecule has 1 heterocycles. The number of carbonyl (C=O) groups is 1. The predicted octanol–water partition coefficient (Wildman–Crippen LogP) is 3.16. The minimum Gasteiger partial charge on any atom is -0.454 e. The van der Waals surface area contributed by atoms with E-state index < -0.39 is 0 Å². The molecule has 0 N–H and O–H groups in total. The van der Waals surface area contributed by atoms with E-state index in [1.165, 1.54) is 0 Å². The molecular formula is C15H11NO4. The minimum atomic E-state index is 0.0584. The zero-order chi connectivity index (χ0) is 13.9. The second kappa shape index (κ2) is 5.13. The lowest BCUT2D eigenvalue weighted by atomic mass is 9.95. The maximum absolute atomic E-state index is 11.4. The molecule has 20 heavy (non-hydrogen) atoms. The van der Waals surface area contributed by atoms with Crippen LogP contribution in [0.3, 0.4) is 0 Å². The zero-order valence-electron chi connectivity index (χ0n) is 10.5. The van der Waals surface area contributed by atoms with Crippen molar-refractivity contribution in [1.82, 2.24) is 0 Å². The molecule has 0 radical (unpaired) electrons. The molecule has 0 amide bonds. The summed E-state index contributed by atoms with van der Waals surface area (Å²) in [5.41, 5.74) is 2.71. The summed E-state index contributed by atoms with van der Waals surface area (Å²) in [5, 5.41) is 2.93. The molecule has 0 bridgehead atoms. The van der Waals surface area contributed by atoms with Gasteiger partial charge in [-0.3, -0.25) is 4.79 Å². The van der Waals surface area contributed by atoms with Crippen LogP contribution in [0.4, 0.5) is 0 Å². The first-order valence-electron chi connectivity index (χ1n) is 6.10. The molecule has 100 valence electrons. The SMILES string of the molecule is O=Cc1c(-c2ccccc2CN=O)ccc2c1OCO2. The van der Waals surface area contributed by atoms with E-state index in [0.717, 1.165) is 17.4 Å². The van der Waals surface area contributed by atoms with Gasteiger partial charge in [0.15, 0.2) is 17.8 Å². The van der Waals surface area contributed by atoms with Gasteiger partial charge in [-0.1, -0.05) is 29.4 Å². The van der Waals surface area contributed by atoms with E-state index in [4.69, 9.17) is 9.47 Å². The Balaban J connectivity index is 2.20. The van der Waals surface area contributed by atoms with Crippen LogP contribution in [0.15, 0.2) is 41.6 Å². The maximum Gasteiger partial charge on any atom is 0.231 e. The Hall–Kier alpha value is -2.69. The average molecular weight is 269 g/mol. The first-order chi connectivity index (χ1) is 9.85. The monoisotopic (exact) mass is 269 g/mol. The van der Waals surface area contributed by atoms with Crippen LogP contribution in [0.25, 0.3) is 11.1 Å². The lowest BCUT2D eigenvalue weighted by Gasteiger charge is -2.11. The fourth-order valence-electron chi connectivity index (χ4n) is 2.34. The van der Waals surface area contributed by atoms with Gasteiger partial charge in [-0.05, 0) is 28.8 Å². The minimum absolute atomic E-state index is 0.0584. The van der Waals surface area contributed by atoms with Gasteiger partial charge >= 0.3 is 0 Å². The number of hydrogen-bond acceptors (Lipinski definition) is 5. The number of rotatable bonds is 4. The van der Waals surface area contributed by atoms with Gasteiger partial charge in [0, 0.05) is 0 Å². The fraction of sp³-hybridized carbons (Fsp3) is 0.133. The number of benzene rings is 2. The first kappa shape index (κ1) is 12.3. The number of ether oxygens (including phenoxy) is 2. The van der Waals surface area contributed by atoms with Crippen LogP contribution in [0, 0.1) is 4.91 Å². The Morgan fingerprint density at radius 2 is 1.95 bits per heavy atom. The normalized spacial score (nSPS) is 12.2. The van der Waals surface area contributed by atoms with Gasteiger partial charge in [0.25, 0.3) is 0 Å². The summed E-state index contributed by atoms with van der Waals surface area (Å²) in [6.07, 6.45) is 0.744. The van der Waals surface area contributed by atoms with Crippen molar-refractivity contribution in [3.05, 3.63) is 52.4 Å². The Kier molecular flexibility index (Phi) is 3.16. The highest BCUT2D eigenvalue weighted by Crippen LogP contribution is 2.40. The van der Waals surface area contributed by atoms with Crippen LogP contribution in [-0.2, 0) is 6.54 Å². The molecule has 0 spiro atoms. The number of fused-ring (bicyclic) bond motifs is 1. The fourth-order valence-corrected chi connectivity index (χ4v) is 2.34. The van der Waals surface area contributed by atoms with Crippen LogP contribution in [-0.4, -0.2) is 13.1 Å². The van der Waals surface area contributed by atoms with E-state index in [-0.39, 0.29) is 13.3 Å². The van der Waals surface area contributed by atoms with Gasteiger partial charge in [-0.15, -0.1) is 0 Å².